The van der Waals surface area contributed by atoms with E-state index in [1.807, 2.05) is 20.8 Å². The Balaban J connectivity index is 2.36. The second-order valence-corrected chi connectivity index (χ2v) is 4.26. The van der Waals surface area contributed by atoms with Crippen molar-refractivity contribution in [2.24, 2.45) is 0 Å². The van der Waals surface area contributed by atoms with E-state index in [1.54, 1.807) is 24.5 Å². The van der Waals surface area contributed by atoms with E-state index in [2.05, 4.69) is 10.3 Å². The molecule has 1 aromatic heterocycles. The third-order valence-corrected chi connectivity index (χ3v) is 2.37. The fraction of sp³-hybridized carbons (Fsp3) is 0.500. The first kappa shape index (κ1) is 12.5. The molecule has 0 bridgehead atoms. The minimum atomic E-state index is -0.185. The maximum Gasteiger partial charge on any atom is 0.258 e. The SMILES string of the molecule is CCC(C)(C)NC(=O)COc1cccnc1. The first-order chi connectivity index (χ1) is 7.53. The first-order valence-corrected chi connectivity index (χ1v) is 5.37. The molecule has 1 heterocycles. The Morgan fingerprint density at radius 1 is 1.56 bits per heavy atom. The molecule has 0 aliphatic rings. The van der Waals surface area contributed by atoms with E-state index in [0.29, 0.717) is 5.75 Å². The highest BCUT2D eigenvalue weighted by Crippen LogP contribution is 2.08. The van der Waals surface area contributed by atoms with Crippen LogP contribution in [0.4, 0.5) is 0 Å². The number of rotatable bonds is 5. The average molecular weight is 222 g/mol. The minimum Gasteiger partial charge on any atom is -0.482 e. The molecule has 0 aliphatic carbocycles. The van der Waals surface area contributed by atoms with Gasteiger partial charge in [-0.15, -0.1) is 0 Å². The fourth-order valence-corrected chi connectivity index (χ4v) is 1.08. The largest absolute Gasteiger partial charge is 0.482 e. The third kappa shape index (κ3) is 4.29. The molecule has 0 unspecified atom stereocenters. The monoisotopic (exact) mass is 222 g/mol. The lowest BCUT2D eigenvalue weighted by molar-refractivity contribution is -0.124. The lowest BCUT2D eigenvalue weighted by Crippen LogP contribution is -2.44. The lowest BCUT2D eigenvalue weighted by atomic mass is 10.0. The van der Waals surface area contributed by atoms with Crippen LogP contribution in [0.1, 0.15) is 27.2 Å². The predicted octanol–water partition coefficient (Wildman–Crippen LogP) is 1.77. The molecule has 0 atom stereocenters. The van der Waals surface area contributed by atoms with Gasteiger partial charge in [0.1, 0.15) is 5.75 Å². The topological polar surface area (TPSA) is 51.2 Å². The molecule has 1 amide bonds. The number of pyridine rings is 1. The molecule has 1 rings (SSSR count). The maximum atomic E-state index is 11.5. The molecule has 0 fully saturated rings. The summed E-state index contributed by atoms with van der Waals surface area (Å²) in [6, 6.07) is 3.54. The van der Waals surface area contributed by atoms with Crippen LogP contribution in [0.3, 0.4) is 0 Å². The third-order valence-electron chi connectivity index (χ3n) is 2.37. The van der Waals surface area contributed by atoms with Gasteiger partial charge in [0.05, 0.1) is 6.20 Å². The molecule has 16 heavy (non-hydrogen) atoms. The standard InChI is InChI=1S/C12H18N2O2/c1-4-12(2,3)14-11(15)9-16-10-6-5-7-13-8-10/h5-8H,4,9H2,1-3H3,(H,14,15). The molecular formula is C12H18N2O2. The number of nitrogens with one attached hydrogen (secondary N) is 1. The van der Waals surface area contributed by atoms with Crippen molar-refractivity contribution in [3.63, 3.8) is 0 Å². The van der Waals surface area contributed by atoms with Crippen LogP contribution in [0.25, 0.3) is 0 Å². The average Bonchev–Trinajstić information content (AvgIpc) is 2.27. The predicted molar refractivity (Wildman–Crippen MR) is 62.2 cm³/mol. The number of nitrogens with zero attached hydrogens (tertiary/aromatic N) is 1. The summed E-state index contributed by atoms with van der Waals surface area (Å²) < 4.78 is 5.28. The van der Waals surface area contributed by atoms with Gasteiger partial charge < -0.3 is 10.1 Å². The number of aromatic nitrogens is 1. The molecule has 1 aromatic rings. The summed E-state index contributed by atoms with van der Waals surface area (Å²) in [6.45, 7) is 6.02. The van der Waals surface area contributed by atoms with Crippen molar-refractivity contribution in [3.8, 4) is 5.75 Å². The Labute approximate surface area is 96.0 Å². The lowest BCUT2D eigenvalue weighted by Gasteiger charge is -2.24. The second-order valence-electron chi connectivity index (χ2n) is 4.26. The molecule has 1 N–H and O–H groups in total. The number of carbonyl (C=O) groups excluding carboxylic acids is 1. The van der Waals surface area contributed by atoms with Gasteiger partial charge in [-0.2, -0.15) is 0 Å². The van der Waals surface area contributed by atoms with Crippen molar-refractivity contribution in [2.75, 3.05) is 6.61 Å². The molecule has 0 aromatic carbocycles. The van der Waals surface area contributed by atoms with Crippen LogP contribution in [-0.2, 0) is 4.79 Å². The maximum absolute atomic E-state index is 11.5. The molecule has 4 heteroatoms. The quantitative estimate of drug-likeness (QED) is 0.826. The van der Waals surface area contributed by atoms with E-state index in [-0.39, 0.29) is 18.1 Å². The number of hydrogen-bond acceptors (Lipinski definition) is 3. The number of hydrogen-bond donors (Lipinski definition) is 1. The van der Waals surface area contributed by atoms with Gasteiger partial charge in [-0.25, -0.2) is 0 Å². The van der Waals surface area contributed by atoms with E-state index < -0.39 is 0 Å². The van der Waals surface area contributed by atoms with Crippen LogP contribution < -0.4 is 10.1 Å². The van der Waals surface area contributed by atoms with Crippen molar-refractivity contribution in [1.82, 2.24) is 10.3 Å². The summed E-state index contributed by atoms with van der Waals surface area (Å²) in [7, 11) is 0. The summed E-state index contributed by atoms with van der Waals surface area (Å²) in [5, 5.41) is 2.89. The fourth-order valence-electron chi connectivity index (χ4n) is 1.08. The van der Waals surface area contributed by atoms with Crippen LogP contribution >= 0.6 is 0 Å². The van der Waals surface area contributed by atoms with Crippen LogP contribution in [0.2, 0.25) is 0 Å². The summed E-state index contributed by atoms with van der Waals surface area (Å²) in [5.41, 5.74) is -0.185. The zero-order valence-corrected chi connectivity index (χ0v) is 9.99. The highest BCUT2D eigenvalue weighted by Gasteiger charge is 2.17. The summed E-state index contributed by atoms with van der Waals surface area (Å²) >= 11 is 0. The van der Waals surface area contributed by atoms with Crippen molar-refractivity contribution in [3.05, 3.63) is 24.5 Å². The highest BCUT2D eigenvalue weighted by molar-refractivity contribution is 5.78. The molecular weight excluding hydrogens is 204 g/mol. The zero-order valence-electron chi connectivity index (χ0n) is 9.99. The van der Waals surface area contributed by atoms with Gasteiger partial charge in [0, 0.05) is 11.7 Å². The highest BCUT2D eigenvalue weighted by atomic mass is 16.5. The first-order valence-electron chi connectivity index (χ1n) is 5.37. The van der Waals surface area contributed by atoms with E-state index in [1.165, 1.54) is 0 Å². The Kier molecular flexibility index (Phi) is 4.28. The summed E-state index contributed by atoms with van der Waals surface area (Å²) in [4.78, 5) is 15.4. The molecule has 0 spiro atoms. The number of ether oxygens (including phenoxy) is 1. The van der Waals surface area contributed by atoms with Gasteiger partial charge in [-0.3, -0.25) is 9.78 Å². The Bertz CT molecular complexity index is 336. The van der Waals surface area contributed by atoms with Gasteiger partial charge in [-0.1, -0.05) is 6.92 Å². The molecule has 0 saturated heterocycles. The van der Waals surface area contributed by atoms with Gasteiger partial charge >= 0.3 is 0 Å². The number of carbonyl (C=O) groups is 1. The van der Waals surface area contributed by atoms with Crippen molar-refractivity contribution < 1.29 is 9.53 Å². The number of amides is 1. The van der Waals surface area contributed by atoms with Gasteiger partial charge in [0.15, 0.2) is 6.61 Å². The molecule has 0 saturated carbocycles. The minimum absolute atomic E-state index is 0.0229. The van der Waals surface area contributed by atoms with Gasteiger partial charge in [0.25, 0.3) is 5.91 Å². The van der Waals surface area contributed by atoms with Crippen molar-refractivity contribution in [1.29, 1.82) is 0 Å². The van der Waals surface area contributed by atoms with Crippen molar-refractivity contribution in [2.45, 2.75) is 32.7 Å². The van der Waals surface area contributed by atoms with Crippen LogP contribution in [0.15, 0.2) is 24.5 Å². The van der Waals surface area contributed by atoms with E-state index in [0.717, 1.165) is 6.42 Å². The normalized spacial score (nSPS) is 10.9. The Morgan fingerprint density at radius 3 is 2.88 bits per heavy atom. The summed E-state index contributed by atoms with van der Waals surface area (Å²) in [5.74, 6) is 0.489. The summed E-state index contributed by atoms with van der Waals surface area (Å²) in [6.07, 6.45) is 4.12. The molecule has 0 radical (unpaired) electrons. The van der Waals surface area contributed by atoms with Crippen molar-refractivity contribution >= 4 is 5.91 Å². The van der Waals surface area contributed by atoms with Crippen LogP contribution in [0.5, 0.6) is 5.75 Å². The van der Waals surface area contributed by atoms with E-state index >= 15 is 0 Å². The Hall–Kier alpha value is -1.58. The smallest absolute Gasteiger partial charge is 0.258 e. The van der Waals surface area contributed by atoms with Gasteiger partial charge in [-0.05, 0) is 32.4 Å². The van der Waals surface area contributed by atoms with Crippen LogP contribution in [0, 0.1) is 0 Å². The zero-order chi connectivity index (χ0) is 12.0. The van der Waals surface area contributed by atoms with E-state index in [9.17, 15) is 4.79 Å². The molecule has 4 nitrogen and oxygen atoms in total. The van der Waals surface area contributed by atoms with E-state index in [4.69, 9.17) is 4.74 Å². The Morgan fingerprint density at radius 2 is 2.31 bits per heavy atom. The second kappa shape index (κ2) is 5.49. The van der Waals surface area contributed by atoms with Gasteiger partial charge in [0.2, 0.25) is 0 Å². The molecule has 88 valence electrons. The van der Waals surface area contributed by atoms with Crippen LogP contribution in [-0.4, -0.2) is 23.0 Å². The molecule has 0 aliphatic heterocycles.